The molecule has 0 spiro atoms. The van der Waals surface area contributed by atoms with Gasteiger partial charge in [-0.25, -0.2) is 0 Å². The Labute approximate surface area is 165 Å². The third-order valence-corrected chi connectivity index (χ3v) is 4.98. The van der Waals surface area contributed by atoms with E-state index in [1.165, 1.54) is 0 Å². The van der Waals surface area contributed by atoms with Gasteiger partial charge in [0, 0.05) is 35.7 Å². The molecule has 6 nitrogen and oxygen atoms in total. The minimum absolute atomic E-state index is 0.0480. The maximum absolute atomic E-state index is 10.1. The van der Waals surface area contributed by atoms with Crippen molar-refractivity contribution in [1.29, 1.82) is 0 Å². The third-order valence-electron chi connectivity index (χ3n) is 4.98. The first-order valence-corrected chi connectivity index (χ1v) is 9.41. The number of aliphatic imine (C=N–C) groups is 2. The molecule has 1 aliphatic rings. The van der Waals surface area contributed by atoms with Crippen molar-refractivity contribution in [1.82, 2.24) is 0 Å². The number of hydrogen-bond donors (Lipinski definition) is 2. The van der Waals surface area contributed by atoms with E-state index in [0.29, 0.717) is 22.6 Å². The molecule has 0 aromatic heterocycles. The Kier molecular flexibility index (Phi) is 6.53. The number of rotatable bonds is 6. The van der Waals surface area contributed by atoms with Crippen LogP contribution in [0.5, 0.6) is 23.0 Å². The van der Waals surface area contributed by atoms with Crippen LogP contribution < -0.4 is 9.47 Å². The predicted molar refractivity (Wildman–Crippen MR) is 111 cm³/mol. The van der Waals surface area contributed by atoms with Crippen molar-refractivity contribution in [2.45, 2.75) is 37.8 Å². The van der Waals surface area contributed by atoms with Crippen molar-refractivity contribution in [3.63, 3.8) is 0 Å². The van der Waals surface area contributed by atoms with Gasteiger partial charge in [0.25, 0.3) is 0 Å². The highest BCUT2D eigenvalue weighted by Crippen LogP contribution is 2.27. The van der Waals surface area contributed by atoms with Gasteiger partial charge in [-0.1, -0.05) is 12.8 Å². The molecule has 0 radical (unpaired) electrons. The molecule has 0 bridgehead atoms. The van der Waals surface area contributed by atoms with Crippen molar-refractivity contribution in [2.24, 2.45) is 9.98 Å². The molecule has 1 fully saturated rings. The van der Waals surface area contributed by atoms with Gasteiger partial charge in [0.05, 0.1) is 26.3 Å². The Hall–Kier alpha value is -3.02. The molecule has 6 heteroatoms. The average molecular weight is 382 g/mol. The molecule has 0 saturated heterocycles. The number of phenols is 2. The summed E-state index contributed by atoms with van der Waals surface area (Å²) in [5.74, 6) is 1.49. The van der Waals surface area contributed by atoms with E-state index in [1.54, 1.807) is 63.0 Å². The van der Waals surface area contributed by atoms with E-state index in [4.69, 9.17) is 19.5 Å². The van der Waals surface area contributed by atoms with E-state index >= 15 is 0 Å². The summed E-state index contributed by atoms with van der Waals surface area (Å²) in [4.78, 5) is 9.38. The largest absolute Gasteiger partial charge is 0.507 e. The molecular formula is C22H26N2O4. The lowest BCUT2D eigenvalue weighted by Gasteiger charge is -2.25. The SMILES string of the molecule is COc1ccc(C=N[C@H]2CCCC[C@H]2N=Cc2ccc(OC)cc2O)c(O)c1. The van der Waals surface area contributed by atoms with Gasteiger partial charge < -0.3 is 19.7 Å². The molecule has 2 N–H and O–H groups in total. The second-order valence-electron chi connectivity index (χ2n) is 6.82. The Balaban J connectivity index is 1.73. The van der Waals surface area contributed by atoms with Crippen LogP contribution in [0.25, 0.3) is 0 Å². The second kappa shape index (κ2) is 9.26. The fourth-order valence-electron chi connectivity index (χ4n) is 3.31. The molecule has 2 aromatic rings. The highest BCUT2D eigenvalue weighted by atomic mass is 16.5. The number of hydrogen-bond acceptors (Lipinski definition) is 6. The second-order valence-corrected chi connectivity index (χ2v) is 6.82. The van der Waals surface area contributed by atoms with E-state index in [1.807, 2.05) is 0 Å². The molecule has 1 aliphatic carbocycles. The fraction of sp³-hybridized carbons (Fsp3) is 0.364. The van der Waals surface area contributed by atoms with Crippen LogP contribution >= 0.6 is 0 Å². The Morgan fingerprint density at radius 2 is 1.21 bits per heavy atom. The van der Waals surface area contributed by atoms with Crippen LogP contribution in [0.4, 0.5) is 0 Å². The van der Waals surface area contributed by atoms with Gasteiger partial charge in [-0.3, -0.25) is 9.98 Å². The Morgan fingerprint density at radius 3 is 1.57 bits per heavy atom. The Bertz CT molecular complexity index is 792. The number of methoxy groups -OCH3 is 2. The number of phenolic OH excluding ortho intramolecular Hbond substituents is 2. The molecule has 2 aromatic carbocycles. The van der Waals surface area contributed by atoms with Crippen molar-refractivity contribution >= 4 is 12.4 Å². The number of nitrogens with zero attached hydrogens (tertiary/aromatic N) is 2. The zero-order chi connectivity index (χ0) is 19.9. The summed E-state index contributed by atoms with van der Waals surface area (Å²) in [5, 5.41) is 20.2. The fourth-order valence-corrected chi connectivity index (χ4v) is 3.31. The first-order chi connectivity index (χ1) is 13.6. The zero-order valence-electron chi connectivity index (χ0n) is 16.2. The maximum atomic E-state index is 10.1. The minimum Gasteiger partial charge on any atom is -0.507 e. The van der Waals surface area contributed by atoms with E-state index in [2.05, 4.69) is 0 Å². The Morgan fingerprint density at radius 1 is 0.786 bits per heavy atom. The van der Waals surface area contributed by atoms with Crippen molar-refractivity contribution in [3.05, 3.63) is 47.5 Å². The van der Waals surface area contributed by atoms with Gasteiger partial charge in [0.1, 0.15) is 23.0 Å². The first-order valence-electron chi connectivity index (χ1n) is 9.41. The van der Waals surface area contributed by atoms with Crippen LogP contribution in [0.2, 0.25) is 0 Å². The number of ether oxygens (including phenoxy) is 2. The molecule has 1 saturated carbocycles. The van der Waals surface area contributed by atoms with Crippen LogP contribution in [-0.4, -0.2) is 48.9 Å². The van der Waals surface area contributed by atoms with Crippen molar-refractivity contribution in [3.8, 4) is 23.0 Å². The quantitative estimate of drug-likeness (QED) is 0.741. The zero-order valence-corrected chi connectivity index (χ0v) is 16.2. The third kappa shape index (κ3) is 4.82. The summed E-state index contributed by atoms with van der Waals surface area (Å²) in [6, 6.07) is 10.4. The van der Waals surface area contributed by atoms with Crippen LogP contribution in [0.1, 0.15) is 36.8 Å². The van der Waals surface area contributed by atoms with Gasteiger partial charge in [-0.05, 0) is 37.1 Å². The number of benzene rings is 2. The monoisotopic (exact) mass is 382 g/mol. The summed E-state index contributed by atoms with van der Waals surface area (Å²) in [6.07, 6.45) is 7.52. The highest BCUT2D eigenvalue weighted by Gasteiger charge is 2.23. The molecule has 2 atom stereocenters. The molecule has 0 unspecified atom stereocenters. The van der Waals surface area contributed by atoms with E-state index in [0.717, 1.165) is 25.7 Å². The molecular weight excluding hydrogens is 356 g/mol. The molecule has 28 heavy (non-hydrogen) atoms. The lowest BCUT2D eigenvalue weighted by molar-refractivity contribution is 0.389. The highest BCUT2D eigenvalue weighted by molar-refractivity contribution is 5.84. The molecule has 0 amide bonds. The standard InChI is InChI=1S/C22H26N2O4/c1-27-17-9-7-15(21(25)11-17)13-23-19-5-3-4-6-20(19)24-14-16-8-10-18(28-2)12-22(16)26/h7-14,19-20,25-26H,3-6H2,1-2H3/t19-,20+. The summed E-state index contributed by atoms with van der Waals surface area (Å²) < 4.78 is 10.2. The summed E-state index contributed by atoms with van der Waals surface area (Å²) >= 11 is 0. The smallest absolute Gasteiger partial charge is 0.128 e. The summed E-state index contributed by atoms with van der Waals surface area (Å²) in [6.45, 7) is 0. The van der Waals surface area contributed by atoms with Crippen LogP contribution in [0, 0.1) is 0 Å². The van der Waals surface area contributed by atoms with Crippen molar-refractivity contribution in [2.75, 3.05) is 14.2 Å². The lowest BCUT2D eigenvalue weighted by atomic mass is 9.91. The normalized spacial score (nSPS) is 19.9. The summed E-state index contributed by atoms with van der Waals surface area (Å²) in [5.41, 5.74) is 1.31. The molecule has 0 heterocycles. The molecule has 0 aliphatic heterocycles. The van der Waals surface area contributed by atoms with Crippen molar-refractivity contribution < 1.29 is 19.7 Å². The lowest BCUT2D eigenvalue weighted by Crippen LogP contribution is -2.27. The molecule has 3 rings (SSSR count). The number of aromatic hydroxyl groups is 2. The van der Waals surface area contributed by atoms with Gasteiger partial charge >= 0.3 is 0 Å². The maximum Gasteiger partial charge on any atom is 0.128 e. The van der Waals surface area contributed by atoms with Gasteiger partial charge in [-0.2, -0.15) is 0 Å². The van der Waals surface area contributed by atoms with Crippen LogP contribution in [-0.2, 0) is 0 Å². The minimum atomic E-state index is 0.0480. The first kappa shape index (κ1) is 19.7. The topological polar surface area (TPSA) is 83.6 Å². The van der Waals surface area contributed by atoms with Gasteiger partial charge in [-0.15, -0.1) is 0 Å². The van der Waals surface area contributed by atoms with Crippen LogP contribution in [0.3, 0.4) is 0 Å². The average Bonchev–Trinajstić information content (AvgIpc) is 2.72. The summed E-state index contributed by atoms with van der Waals surface area (Å²) in [7, 11) is 3.13. The predicted octanol–water partition coefficient (Wildman–Crippen LogP) is 3.96. The van der Waals surface area contributed by atoms with E-state index < -0.39 is 0 Å². The van der Waals surface area contributed by atoms with E-state index in [9.17, 15) is 10.2 Å². The van der Waals surface area contributed by atoms with Gasteiger partial charge in [0.15, 0.2) is 0 Å². The van der Waals surface area contributed by atoms with Crippen LogP contribution in [0.15, 0.2) is 46.4 Å². The van der Waals surface area contributed by atoms with Gasteiger partial charge in [0.2, 0.25) is 0 Å². The molecule has 148 valence electrons. The van der Waals surface area contributed by atoms with E-state index in [-0.39, 0.29) is 23.6 Å².